The second-order valence-corrected chi connectivity index (χ2v) is 4.62. The molecule has 1 aromatic rings. The van der Waals surface area contributed by atoms with Gasteiger partial charge in [0.2, 0.25) is 5.91 Å². The Labute approximate surface area is 106 Å². The van der Waals surface area contributed by atoms with Crippen LogP contribution in [0.5, 0.6) is 5.75 Å². The predicted molar refractivity (Wildman–Crippen MR) is 71.4 cm³/mol. The minimum Gasteiger partial charge on any atom is -0.497 e. The lowest BCUT2D eigenvalue weighted by atomic mass is 10.3. The highest BCUT2D eigenvalue weighted by atomic mass is 32.2. The molecule has 1 amide bonds. The van der Waals surface area contributed by atoms with Crippen molar-refractivity contribution >= 4 is 23.4 Å². The minimum atomic E-state index is 0.0970. The van der Waals surface area contributed by atoms with Crippen molar-refractivity contribution in [3.63, 3.8) is 0 Å². The highest BCUT2D eigenvalue weighted by molar-refractivity contribution is 8.00. The van der Waals surface area contributed by atoms with Gasteiger partial charge in [-0.05, 0) is 25.1 Å². The van der Waals surface area contributed by atoms with E-state index in [0.717, 1.165) is 10.6 Å². The number of carbonyl (C=O) groups is 1. The summed E-state index contributed by atoms with van der Waals surface area (Å²) in [7, 11) is 3.40. The summed E-state index contributed by atoms with van der Waals surface area (Å²) >= 11 is 1.43. The van der Waals surface area contributed by atoms with E-state index in [1.165, 1.54) is 11.8 Å². The summed E-state index contributed by atoms with van der Waals surface area (Å²) in [5.41, 5.74) is 6.51. The van der Waals surface area contributed by atoms with E-state index in [4.69, 9.17) is 10.5 Å². The third-order valence-corrected chi connectivity index (χ3v) is 3.53. The molecule has 1 rings (SSSR count). The van der Waals surface area contributed by atoms with Gasteiger partial charge in [-0.25, -0.2) is 0 Å². The van der Waals surface area contributed by atoms with Gasteiger partial charge in [0, 0.05) is 24.2 Å². The summed E-state index contributed by atoms with van der Waals surface area (Å²) < 4.78 is 5.12. The number of benzene rings is 1. The normalized spacial score (nSPS) is 10.1. The molecule has 0 bridgehead atoms. The fraction of sp³-hybridized carbons (Fsp3) is 0.417. The number of anilines is 1. The van der Waals surface area contributed by atoms with Crippen LogP contribution in [0.4, 0.5) is 5.69 Å². The summed E-state index contributed by atoms with van der Waals surface area (Å²) in [5.74, 6) is 1.24. The topological polar surface area (TPSA) is 55.6 Å². The van der Waals surface area contributed by atoms with E-state index in [1.54, 1.807) is 31.2 Å². The van der Waals surface area contributed by atoms with E-state index in [0.29, 0.717) is 18.0 Å². The number of thioether (sulfide) groups is 1. The van der Waals surface area contributed by atoms with Gasteiger partial charge < -0.3 is 15.4 Å². The van der Waals surface area contributed by atoms with Gasteiger partial charge in [-0.2, -0.15) is 0 Å². The van der Waals surface area contributed by atoms with Gasteiger partial charge in [-0.15, -0.1) is 11.8 Å². The van der Waals surface area contributed by atoms with E-state index in [2.05, 4.69) is 0 Å². The third kappa shape index (κ3) is 3.85. The van der Waals surface area contributed by atoms with Crippen molar-refractivity contribution in [1.29, 1.82) is 0 Å². The molecule has 0 aromatic heterocycles. The lowest BCUT2D eigenvalue weighted by molar-refractivity contribution is -0.126. The van der Waals surface area contributed by atoms with E-state index in [1.807, 2.05) is 13.0 Å². The molecular formula is C12H18N2O2S. The lowest BCUT2D eigenvalue weighted by Crippen LogP contribution is -2.27. The maximum absolute atomic E-state index is 11.6. The van der Waals surface area contributed by atoms with Crippen molar-refractivity contribution < 1.29 is 9.53 Å². The number of hydrogen-bond donors (Lipinski definition) is 1. The van der Waals surface area contributed by atoms with Crippen LogP contribution in [0.2, 0.25) is 0 Å². The Hall–Kier alpha value is -1.36. The summed E-state index contributed by atoms with van der Waals surface area (Å²) in [5, 5.41) is 0. The first-order valence-corrected chi connectivity index (χ1v) is 6.37. The standard InChI is InChI=1S/C12H18N2O2S/c1-4-14(2)12(15)8-17-11-7-9(16-3)5-6-10(11)13/h5-7H,4,8,13H2,1-3H3. The monoisotopic (exact) mass is 254 g/mol. The molecule has 0 saturated carbocycles. The van der Waals surface area contributed by atoms with Crippen LogP contribution in [-0.4, -0.2) is 37.3 Å². The number of amides is 1. The number of methoxy groups -OCH3 is 1. The third-order valence-electron chi connectivity index (χ3n) is 2.47. The van der Waals surface area contributed by atoms with Gasteiger partial charge in [0.15, 0.2) is 0 Å². The second-order valence-electron chi connectivity index (χ2n) is 3.60. The van der Waals surface area contributed by atoms with Crippen LogP contribution in [0.25, 0.3) is 0 Å². The molecule has 0 fully saturated rings. The van der Waals surface area contributed by atoms with Crippen LogP contribution in [0.1, 0.15) is 6.92 Å². The first-order chi connectivity index (χ1) is 8.08. The largest absolute Gasteiger partial charge is 0.497 e. The molecule has 0 unspecified atom stereocenters. The Kier molecular flexibility index (Phi) is 5.15. The fourth-order valence-corrected chi connectivity index (χ4v) is 2.13. The average Bonchev–Trinajstić information content (AvgIpc) is 2.36. The maximum Gasteiger partial charge on any atom is 0.232 e. The zero-order valence-electron chi connectivity index (χ0n) is 10.4. The number of rotatable bonds is 5. The molecule has 94 valence electrons. The number of carbonyl (C=O) groups excluding carboxylic acids is 1. The van der Waals surface area contributed by atoms with Gasteiger partial charge in [-0.1, -0.05) is 0 Å². The van der Waals surface area contributed by atoms with Crippen LogP contribution in [0.3, 0.4) is 0 Å². The predicted octanol–water partition coefficient (Wildman–Crippen LogP) is 1.85. The zero-order chi connectivity index (χ0) is 12.8. The Morgan fingerprint density at radius 1 is 1.53 bits per heavy atom. The highest BCUT2D eigenvalue weighted by Gasteiger charge is 2.09. The molecule has 17 heavy (non-hydrogen) atoms. The second kappa shape index (κ2) is 6.39. The van der Waals surface area contributed by atoms with E-state index < -0.39 is 0 Å². The van der Waals surface area contributed by atoms with Gasteiger partial charge in [0.05, 0.1) is 12.9 Å². The summed E-state index contributed by atoms with van der Waals surface area (Å²) in [4.78, 5) is 14.2. The number of ether oxygens (including phenoxy) is 1. The van der Waals surface area contributed by atoms with E-state index in [9.17, 15) is 4.79 Å². The van der Waals surface area contributed by atoms with Gasteiger partial charge in [-0.3, -0.25) is 4.79 Å². The lowest BCUT2D eigenvalue weighted by Gasteiger charge is -2.14. The first kappa shape index (κ1) is 13.7. The molecule has 0 heterocycles. The van der Waals surface area contributed by atoms with E-state index in [-0.39, 0.29) is 5.91 Å². The van der Waals surface area contributed by atoms with Crippen LogP contribution in [0.15, 0.2) is 23.1 Å². The van der Waals surface area contributed by atoms with Crippen LogP contribution in [0, 0.1) is 0 Å². The van der Waals surface area contributed by atoms with Crippen molar-refractivity contribution in [2.24, 2.45) is 0 Å². The van der Waals surface area contributed by atoms with Crippen molar-refractivity contribution in [2.45, 2.75) is 11.8 Å². The number of hydrogen-bond acceptors (Lipinski definition) is 4. The minimum absolute atomic E-state index is 0.0970. The molecule has 1 aromatic carbocycles. The molecule has 0 saturated heterocycles. The van der Waals surface area contributed by atoms with Gasteiger partial charge in [0.25, 0.3) is 0 Å². The van der Waals surface area contributed by atoms with Crippen molar-refractivity contribution in [2.75, 3.05) is 32.2 Å². The van der Waals surface area contributed by atoms with Crippen LogP contribution >= 0.6 is 11.8 Å². The van der Waals surface area contributed by atoms with Crippen molar-refractivity contribution in [3.8, 4) is 5.75 Å². The molecule has 4 nitrogen and oxygen atoms in total. The molecule has 2 N–H and O–H groups in total. The van der Waals surface area contributed by atoms with Crippen molar-refractivity contribution in [1.82, 2.24) is 4.90 Å². The maximum atomic E-state index is 11.6. The van der Waals surface area contributed by atoms with Crippen LogP contribution < -0.4 is 10.5 Å². The average molecular weight is 254 g/mol. The van der Waals surface area contributed by atoms with Gasteiger partial charge in [0.1, 0.15) is 5.75 Å². The first-order valence-electron chi connectivity index (χ1n) is 5.38. The Morgan fingerprint density at radius 3 is 2.82 bits per heavy atom. The molecule has 0 aliphatic rings. The quantitative estimate of drug-likeness (QED) is 0.643. The van der Waals surface area contributed by atoms with Crippen LogP contribution in [-0.2, 0) is 4.79 Å². The van der Waals surface area contributed by atoms with Gasteiger partial charge >= 0.3 is 0 Å². The fourth-order valence-electron chi connectivity index (χ4n) is 1.19. The Morgan fingerprint density at radius 2 is 2.24 bits per heavy atom. The number of nitrogen functional groups attached to an aromatic ring is 1. The Balaban J connectivity index is 2.65. The van der Waals surface area contributed by atoms with Crippen molar-refractivity contribution in [3.05, 3.63) is 18.2 Å². The molecule has 0 spiro atoms. The highest BCUT2D eigenvalue weighted by Crippen LogP contribution is 2.29. The zero-order valence-corrected chi connectivity index (χ0v) is 11.2. The molecule has 0 radical (unpaired) electrons. The molecule has 0 atom stereocenters. The smallest absolute Gasteiger partial charge is 0.232 e. The molecule has 0 aliphatic heterocycles. The summed E-state index contributed by atoms with van der Waals surface area (Å²) in [6, 6.07) is 5.44. The molecule has 0 aliphatic carbocycles. The number of nitrogens with two attached hydrogens (primary N) is 1. The molecular weight excluding hydrogens is 236 g/mol. The summed E-state index contributed by atoms with van der Waals surface area (Å²) in [6.07, 6.45) is 0. The Bertz CT molecular complexity index is 396. The number of nitrogens with zero attached hydrogens (tertiary/aromatic N) is 1. The summed E-state index contributed by atoms with van der Waals surface area (Å²) in [6.45, 7) is 2.66. The molecule has 5 heteroatoms. The van der Waals surface area contributed by atoms with E-state index >= 15 is 0 Å². The SMILES string of the molecule is CCN(C)C(=O)CSc1cc(OC)ccc1N.